The van der Waals surface area contributed by atoms with Gasteiger partial charge < -0.3 is 4.74 Å². The molecule has 1 aromatic rings. The number of hydrogen-bond acceptors (Lipinski definition) is 4. The molecule has 0 atom stereocenters. The molecule has 0 aromatic heterocycles. The SMILES string of the molecule is Cc1cc([N+](=O)[O-])ccc1C(=O)OC(C)(C)C. The first-order valence-electron chi connectivity index (χ1n) is 5.19. The van der Waals surface area contributed by atoms with Crippen LogP contribution in [0.15, 0.2) is 18.2 Å². The highest BCUT2D eigenvalue weighted by Gasteiger charge is 2.20. The van der Waals surface area contributed by atoms with Crippen molar-refractivity contribution in [1.29, 1.82) is 0 Å². The number of nitrogens with zero attached hydrogens (tertiary/aromatic N) is 1. The zero-order chi connectivity index (χ0) is 13.2. The first-order valence-corrected chi connectivity index (χ1v) is 5.19. The molecule has 0 aliphatic carbocycles. The number of carbonyl (C=O) groups excluding carboxylic acids is 1. The second-order valence-corrected chi connectivity index (χ2v) is 4.76. The largest absolute Gasteiger partial charge is 0.456 e. The van der Waals surface area contributed by atoms with E-state index in [1.807, 2.05) is 0 Å². The van der Waals surface area contributed by atoms with Crippen LogP contribution in [-0.4, -0.2) is 16.5 Å². The fourth-order valence-electron chi connectivity index (χ4n) is 1.32. The van der Waals surface area contributed by atoms with Crippen molar-refractivity contribution >= 4 is 11.7 Å². The second kappa shape index (κ2) is 4.53. The van der Waals surface area contributed by atoms with Gasteiger partial charge in [0.15, 0.2) is 0 Å². The second-order valence-electron chi connectivity index (χ2n) is 4.76. The minimum Gasteiger partial charge on any atom is -0.456 e. The summed E-state index contributed by atoms with van der Waals surface area (Å²) in [4.78, 5) is 21.8. The number of aryl methyl sites for hydroxylation is 1. The highest BCUT2D eigenvalue weighted by atomic mass is 16.6. The van der Waals surface area contributed by atoms with E-state index in [4.69, 9.17) is 4.74 Å². The van der Waals surface area contributed by atoms with Crippen LogP contribution in [0.25, 0.3) is 0 Å². The molecule has 0 amide bonds. The minimum absolute atomic E-state index is 0.0326. The van der Waals surface area contributed by atoms with Gasteiger partial charge in [-0.1, -0.05) is 0 Å². The van der Waals surface area contributed by atoms with Crippen molar-refractivity contribution in [2.75, 3.05) is 0 Å². The molecule has 5 nitrogen and oxygen atoms in total. The van der Waals surface area contributed by atoms with Crippen LogP contribution in [0.5, 0.6) is 0 Å². The van der Waals surface area contributed by atoms with Gasteiger partial charge in [0.1, 0.15) is 5.60 Å². The lowest BCUT2D eigenvalue weighted by Gasteiger charge is -2.20. The van der Waals surface area contributed by atoms with Crippen LogP contribution in [0.1, 0.15) is 36.7 Å². The predicted octanol–water partition coefficient (Wildman–Crippen LogP) is 2.86. The molecule has 0 aliphatic heterocycles. The number of nitro groups is 1. The maximum Gasteiger partial charge on any atom is 0.338 e. The molecule has 0 fully saturated rings. The summed E-state index contributed by atoms with van der Waals surface area (Å²) in [7, 11) is 0. The van der Waals surface area contributed by atoms with Gasteiger partial charge in [0, 0.05) is 12.1 Å². The van der Waals surface area contributed by atoms with E-state index in [1.54, 1.807) is 27.7 Å². The zero-order valence-electron chi connectivity index (χ0n) is 10.3. The Hall–Kier alpha value is -1.91. The molecule has 0 spiro atoms. The van der Waals surface area contributed by atoms with Crippen LogP contribution in [0.3, 0.4) is 0 Å². The van der Waals surface area contributed by atoms with Crippen molar-refractivity contribution in [3.05, 3.63) is 39.4 Å². The summed E-state index contributed by atoms with van der Waals surface area (Å²) < 4.78 is 5.20. The Morgan fingerprint density at radius 3 is 2.35 bits per heavy atom. The van der Waals surface area contributed by atoms with Gasteiger partial charge in [-0.2, -0.15) is 0 Å². The van der Waals surface area contributed by atoms with E-state index in [2.05, 4.69) is 0 Å². The summed E-state index contributed by atoms with van der Waals surface area (Å²) in [5, 5.41) is 10.6. The maximum absolute atomic E-state index is 11.8. The van der Waals surface area contributed by atoms with Gasteiger partial charge in [-0.05, 0) is 39.3 Å². The third-order valence-corrected chi connectivity index (χ3v) is 2.04. The van der Waals surface area contributed by atoms with Crippen LogP contribution in [-0.2, 0) is 4.74 Å². The van der Waals surface area contributed by atoms with Gasteiger partial charge >= 0.3 is 5.97 Å². The molecule has 0 aliphatic rings. The van der Waals surface area contributed by atoms with Gasteiger partial charge in [0.05, 0.1) is 10.5 Å². The Kier molecular flexibility index (Phi) is 3.50. The van der Waals surface area contributed by atoms with Gasteiger partial charge in [-0.3, -0.25) is 10.1 Å². The third kappa shape index (κ3) is 3.55. The highest BCUT2D eigenvalue weighted by molar-refractivity contribution is 5.91. The molecule has 17 heavy (non-hydrogen) atoms. The van der Waals surface area contributed by atoms with Crippen molar-refractivity contribution in [2.45, 2.75) is 33.3 Å². The molecule has 5 heteroatoms. The Morgan fingerprint density at radius 2 is 1.94 bits per heavy atom. The minimum atomic E-state index is -0.578. The van der Waals surface area contributed by atoms with Gasteiger partial charge in [0.2, 0.25) is 0 Å². The monoisotopic (exact) mass is 237 g/mol. The molecular weight excluding hydrogens is 222 g/mol. The average Bonchev–Trinajstić information content (AvgIpc) is 2.14. The molecule has 0 N–H and O–H groups in total. The number of nitro benzene ring substituents is 1. The van der Waals surface area contributed by atoms with Crippen LogP contribution in [0, 0.1) is 17.0 Å². The summed E-state index contributed by atoms with van der Waals surface area (Å²) in [6.07, 6.45) is 0. The van der Waals surface area contributed by atoms with E-state index in [0.29, 0.717) is 11.1 Å². The summed E-state index contributed by atoms with van der Waals surface area (Å²) in [5.41, 5.74) is 0.277. The Labute approximate surface area is 99.5 Å². The molecule has 0 saturated heterocycles. The molecule has 0 heterocycles. The fourth-order valence-corrected chi connectivity index (χ4v) is 1.32. The number of carbonyl (C=O) groups is 1. The molecule has 1 rings (SSSR count). The highest BCUT2D eigenvalue weighted by Crippen LogP contribution is 2.19. The standard InChI is InChI=1S/C12H15NO4/c1-8-7-9(13(15)16)5-6-10(8)11(14)17-12(2,3)4/h5-7H,1-4H3. The van der Waals surface area contributed by atoms with E-state index in [0.717, 1.165) is 0 Å². The first kappa shape index (κ1) is 13.2. The summed E-state index contributed by atoms with van der Waals surface area (Å²) in [5.74, 6) is -0.468. The topological polar surface area (TPSA) is 69.4 Å². The number of hydrogen-bond donors (Lipinski definition) is 0. The number of rotatable bonds is 2. The predicted molar refractivity (Wildman–Crippen MR) is 63.0 cm³/mol. The smallest absolute Gasteiger partial charge is 0.338 e. The molecule has 0 radical (unpaired) electrons. The van der Waals surface area contributed by atoms with Crippen LogP contribution >= 0.6 is 0 Å². The van der Waals surface area contributed by atoms with Crippen molar-refractivity contribution in [1.82, 2.24) is 0 Å². The van der Waals surface area contributed by atoms with Gasteiger partial charge in [0.25, 0.3) is 5.69 Å². The van der Waals surface area contributed by atoms with Crippen molar-refractivity contribution in [2.24, 2.45) is 0 Å². The van der Waals surface area contributed by atoms with E-state index >= 15 is 0 Å². The summed E-state index contributed by atoms with van der Waals surface area (Å²) in [6, 6.07) is 4.08. The van der Waals surface area contributed by atoms with E-state index < -0.39 is 16.5 Å². The van der Waals surface area contributed by atoms with E-state index in [-0.39, 0.29) is 5.69 Å². The van der Waals surface area contributed by atoms with Crippen LogP contribution < -0.4 is 0 Å². The lowest BCUT2D eigenvalue weighted by atomic mass is 10.1. The maximum atomic E-state index is 11.8. The average molecular weight is 237 g/mol. The zero-order valence-corrected chi connectivity index (χ0v) is 10.3. The molecule has 92 valence electrons. The number of non-ortho nitro benzene ring substituents is 1. The van der Waals surface area contributed by atoms with Gasteiger partial charge in [-0.25, -0.2) is 4.79 Å². The fraction of sp³-hybridized carbons (Fsp3) is 0.417. The molecule has 0 bridgehead atoms. The Balaban J connectivity index is 3.00. The van der Waals surface area contributed by atoms with E-state index in [1.165, 1.54) is 18.2 Å². The van der Waals surface area contributed by atoms with Crippen LogP contribution in [0.4, 0.5) is 5.69 Å². The Morgan fingerprint density at radius 1 is 1.35 bits per heavy atom. The lowest BCUT2D eigenvalue weighted by molar-refractivity contribution is -0.384. The molecule has 0 unspecified atom stereocenters. The number of ether oxygens (including phenoxy) is 1. The van der Waals surface area contributed by atoms with Crippen LogP contribution in [0.2, 0.25) is 0 Å². The van der Waals surface area contributed by atoms with Crippen molar-refractivity contribution in [3.63, 3.8) is 0 Å². The molecule has 1 aromatic carbocycles. The lowest BCUT2D eigenvalue weighted by Crippen LogP contribution is -2.24. The van der Waals surface area contributed by atoms with Crippen molar-refractivity contribution in [3.8, 4) is 0 Å². The quantitative estimate of drug-likeness (QED) is 0.450. The normalized spacial score (nSPS) is 11.1. The van der Waals surface area contributed by atoms with E-state index in [9.17, 15) is 14.9 Å². The summed E-state index contributed by atoms with van der Waals surface area (Å²) in [6.45, 7) is 6.95. The van der Waals surface area contributed by atoms with Gasteiger partial charge in [-0.15, -0.1) is 0 Å². The molecular formula is C12H15NO4. The third-order valence-electron chi connectivity index (χ3n) is 2.04. The van der Waals surface area contributed by atoms with Crippen molar-refractivity contribution < 1.29 is 14.5 Å². The summed E-state index contributed by atoms with van der Waals surface area (Å²) >= 11 is 0. The number of benzene rings is 1. The first-order chi connectivity index (χ1) is 7.70. The Bertz CT molecular complexity index is 460. The number of esters is 1. The molecule has 0 saturated carbocycles.